The summed E-state index contributed by atoms with van der Waals surface area (Å²) in [6.45, 7) is -0.275. The molecule has 1 aromatic carbocycles. The molecule has 6 heteroatoms. The van der Waals surface area contributed by atoms with Gasteiger partial charge < -0.3 is 4.74 Å². The van der Waals surface area contributed by atoms with Crippen LogP contribution in [0.2, 0.25) is 0 Å². The first-order chi connectivity index (χ1) is 8.47. The van der Waals surface area contributed by atoms with Gasteiger partial charge in [-0.1, -0.05) is 30.3 Å². The first-order valence-electron chi connectivity index (χ1n) is 5.52. The molecule has 0 aliphatic carbocycles. The van der Waals surface area contributed by atoms with E-state index >= 15 is 0 Å². The van der Waals surface area contributed by atoms with Gasteiger partial charge in [0.2, 0.25) is 0 Å². The molecule has 0 N–H and O–H groups in total. The number of benzene rings is 1. The second-order valence-corrected chi connectivity index (χ2v) is 4.06. The third-order valence-electron chi connectivity index (χ3n) is 2.80. The molecule has 1 saturated heterocycles. The Kier molecular flexibility index (Phi) is 3.45. The predicted molar refractivity (Wildman–Crippen MR) is 57.9 cm³/mol. The van der Waals surface area contributed by atoms with Crippen molar-refractivity contribution in [1.29, 1.82) is 0 Å². The number of rotatable bonds is 3. The van der Waals surface area contributed by atoms with E-state index in [9.17, 15) is 18.0 Å². The van der Waals surface area contributed by atoms with Gasteiger partial charge in [-0.05, 0) is 5.56 Å². The van der Waals surface area contributed by atoms with Crippen LogP contribution in [0.25, 0.3) is 0 Å². The van der Waals surface area contributed by atoms with E-state index in [1.807, 2.05) is 0 Å². The molecule has 1 atom stereocenters. The van der Waals surface area contributed by atoms with Crippen molar-refractivity contribution in [3.05, 3.63) is 35.9 Å². The second kappa shape index (κ2) is 4.88. The molecule has 1 heterocycles. The molecule has 3 nitrogen and oxygen atoms in total. The highest BCUT2D eigenvalue weighted by molar-refractivity contribution is 5.70. The highest BCUT2D eigenvalue weighted by atomic mass is 19.4. The van der Waals surface area contributed by atoms with Gasteiger partial charge in [0.15, 0.2) is 0 Å². The van der Waals surface area contributed by atoms with Crippen LogP contribution >= 0.6 is 0 Å². The molecule has 1 unspecified atom stereocenters. The van der Waals surface area contributed by atoms with Crippen LogP contribution < -0.4 is 0 Å². The first kappa shape index (κ1) is 12.7. The van der Waals surface area contributed by atoms with Gasteiger partial charge in [0.25, 0.3) is 0 Å². The molecule has 0 saturated carbocycles. The average molecular weight is 259 g/mol. The summed E-state index contributed by atoms with van der Waals surface area (Å²) in [4.78, 5) is 12.5. The predicted octanol–water partition coefficient (Wildman–Crippen LogP) is 3.13. The zero-order valence-electron chi connectivity index (χ0n) is 9.48. The summed E-state index contributed by atoms with van der Waals surface area (Å²) < 4.78 is 41.4. The van der Waals surface area contributed by atoms with Crippen molar-refractivity contribution < 1.29 is 22.7 Å². The Hall–Kier alpha value is -1.72. The van der Waals surface area contributed by atoms with E-state index < -0.39 is 24.7 Å². The van der Waals surface area contributed by atoms with E-state index in [2.05, 4.69) is 0 Å². The van der Waals surface area contributed by atoms with Gasteiger partial charge in [-0.3, -0.25) is 4.90 Å². The van der Waals surface area contributed by atoms with Crippen LogP contribution in [-0.2, 0) is 4.74 Å². The standard InChI is InChI=1S/C12H12F3NO2/c13-12(14,15)6-7-16-10(8-18-11(16)17)9-4-2-1-3-5-9/h1-5,10H,6-8H2. The number of amides is 1. The van der Waals surface area contributed by atoms with Crippen LogP contribution in [0.5, 0.6) is 0 Å². The Morgan fingerprint density at radius 1 is 1.28 bits per heavy atom. The van der Waals surface area contributed by atoms with Gasteiger partial charge in [-0.2, -0.15) is 13.2 Å². The molecule has 98 valence electrons. The number of halogens is 3. The number of alkyl halides is 3. The van der Waals surface area contributed by atoms with Gasteiger partial charge >= 0.3 is 12.3 Å². The van der Waals surface area contributed by atoms with Gasteiger partial charge in [0, 0.05) is 6.54 Å². The Labute approximate surface area is 102 Å². The minimum atomic E-state index is -4.27. The molecule has 1 aliphatic heterocycles. The van der Waals surface area contributed by atoms with Crippen molar-refractivity contribution in [1.82, 2.24) is 4.90 Å². The lowest BCUT2D eigenvalue weighted by molar-refractivity contribution is -0.136. The number of nitrogens with zero attached hydrogens (tertiary/aromatic N) is 1. The highest BCUT2D eigenvalue weighted by Crippen LogP contribution is 2.29. The van der Waals surface area contributed by atoms with E-state index in [1.54, 1.807) is 30.3 Å². The third-order valence-corrected chi connectivity index (χ3v) is 2.80. The summed E-state index contributed by atoms with van der Waals surface area (Å²) in [7, 11) is 0. The van der Waals surface area contributed by atoms with Crippen molar-refractivity contribution in [2.45, 2.75) is 18.6 Å². The van der Waals surface area contributed by atoms with E-state index in [-0.39, 0.29) is 13.2 Å². The smallest absolute Gasteiger partial charge is 0.410 e. The topological polar surface area (TPSA) is 29.5 Å². The quantitative estimate of drug-likeness (QED) is 0.834. The number of carbonyl (C=O) groups is 1. The summed E-state index contributed by atoms with van der Waals surface area (Å²) in [6.07, 6.45) is -5.98. The Morgan fingerprint density at radius 2 is 1.94 bits per heavy atom. The Bertz CT molecular complexity index is 419. The highest BCUT2D eigenvalue weighted by Gasteiger charge is 2.37. The van der Waals surface area contributed by atoms with Gasteiger partial charge in [0.05, 0.1) is 12.5 Å². The van der Waals surface area contributed by atoms with E-state index in [0.717, 1.165) is 10.5 Å². The second-order valence-electron chi connectivity index (χ2n) is 4.06. The largest absolute Gasteiger partial charge is 0.447 e. The molecule has 1 fully saturated rings. The third kappa shape index (κ3) is 2.94. The lowest BCUT2D eigenvalue weighted by Crippen LogP contribution is -2.31. The summed E-state index contributed by atoms with van der Waals surface area (Å²) >= 11 is 0. The van der Waals surface area contributed by atoms with Crippen LogP contribution in [0, 0.1) is 0 Å². The van der Waals surface area contributed by atoms with E-state index in [4.69, 9.17) is 4.74 Å². The van der Waals surface area contributed by atoms with Crippen molar-refractivity contribution in [2.75, 3.05) is 13.2 Å². The summed E-state index contributed by atoms with van der Waals surface area (Å²) in [5.74, 6) is 0. The lowest BCUT2D eigenvalue weighted by Gasteiger charge is -2.22. The molecule has 0 aromatic heterocycles. The lowest BCUT2D eigenvalue weighted by atomic mass is 10.1. The molecule has 0 spiro atoms. The number of carbonyl (C=O) groups excluding carboxylic acids is 1. The fourth-order valence-electron chi connectivity index (χ4n) is 1.90. The number of ether oxygens (including phenoxy) is 1. The van der Waals surface area contributed by atoms with Gasteiger partial charge in [-0.25, -0.2) is 4.79 Å². The van der Waals surface area contributed by atoms with Crippen LogP contribution in [0.1, 0.15) is 18.0 Å². The maximum Gasteiger partial charge on any atom is 0.410 e. The normalized spacial score (nSPS) is 20.1. The van der Waals surface area contributed by atoms with Crippen LogP contribution in [0.15, 0.2) is 30.3 Å². The van der Waals surface area contributed by atoms with Crippen LogP contribution in [0.4, 0.5) is 18.0 Å². The maximum absolute atomic E-state index is 12.2. The van der Waals surface area contributed by atoms with Crippen molar-refractivity contribution in [2.24, 2.45) is 0 Å². The minimum Gasteiger partial charge on any atom is -0.447 e. The number of cyclic esters (lactones) is 1. The molecule has 18 heavy (non-hydrogen) atoms. The molecule has 0 bridgehead atoms. The Balaban J connectivity index is 2.09. The monoisotopic (exact) mass is 259 g/mol. The minimum absolute atomic E-state index is 0.0979. The molecule has 1 aromatic rings. The molecular formula is C12H12F3NO2. The number of hydrogen-bond acceptors (Lipinski definition) is 2. The maximum atomic E-state index is 12.2. The van der Waals surface area contributed by atoms with Crippen molar-refractivity contribution >= 4 is 6.09 Å². The average Bonchev–Trinajstić information content (AvgIpc) is 2.68. The molecule has 1 aliphatic rings. The molecule has 0 radical (unpaired) electrons. The molecule has 2 rings (SSSR count). The summed E-state index contributed by atoms with van der Waals surface area (Å²) in [6, 6.07) is 8.47. The van der Waals surface area contributed by atoms with Gasteiger partial charge in [-0.15, -0.1) is 0 Å². The first-order valence-corrected chi connectivity index (χ1v) is 5.52. The fraction of sp³-hybridized carbons (Fsp3) is 0.417. The van der Waals surface area contributed by atoms with Crippen LogP contribution in [-0.4, -0.2) is 30.3 Å². The SMILES string of the molecule is O=C1OCC(c2ccccc2)N1CCC(F)(F)F. The van der Waals surface area contributed by atoms with Crippen molar-refractivity contribution in [3.63, 3.8) is 0 Å². The van der Waals surface area contributed by atoms with Crippen molar-refractivity contribution in [3.8, 4) is 0 Å². The zero-order chi connectivity index (χ0) is 13.2. The zero-order valence-corrected chi connectivity index (χ0v) is 9.48. The van der Waals surface area contributed by atoms with E-state index in [0.29, 0.717) is 0 Å². The summed E-state index contributed by atoms with van der Waals surface area (Å²) in [5.41, 5.74) is 0.783. The van der Waals surface area contributed by atoms with E-state index in [1.165, 1.54) is 0 Å². The molecule has 1 amide bonds. The number of hydrogen-bond donors (Lipinski definition) is 0. The Morgan fingerprint density at radius 3 is 2.56 bits per heavy atom. The van der Waals surface area contributed by atoms with Gasteiger partial charge in [0.1, 0.15) is 6.61 Å². The molecular weight excluding hydrogens is 247 g/mol. The summed E-state index contributed by atoms with van der Waals surface area (Å²) in [5, 5.41) is 0. The fourth-order valence-corrected chi connectivity index (χ4v) is 1.90. The van der Waals surface area contributed by atoms with Crippen LogP contribution in [0.3, 0.4) is 0 Å².